The Morgan fingerprint density at radius 3 is 2.68 bits per heavy atom. The smallest absolute Gasteiger partial charge is 0.251 e. The van der Waals surface area contributed by atoms with Crippen molar-refractivity contribution >= 4 is 17.2 Å². The van der Waals surface area contributed by atoms with E-state index in [9.17, 15) is 4.79 Å². The number of aryl methyl sites for hydroxylation is 1. The predicted octanol–water partition coefficient (Wildman–Crippen LogP) is 3.44. The molecule has 1 aromatic rings. The molecule has 0 spiro atoms. The van der Waals surface area contributed by atoms with Gasteiger partial charge >= 0.3 is 0 Å². The van der Waals surface area contributed by atoms with E-state index >= 15 is 0 Å². The SMILES string of the molecule is Cc1ccc(CN2CC[C@H]3O[C@@H](C(=O)N4CCC(C)CC4)CC[C@H]32)s1. The third kappa shape index (κ3) is 3.79. The number of hydrogen-bond acceptors (Lipinski definition) is 4. The highest BCUT2D eigenvalue weighted by atomic mass is 32.1. The van der Waals surface area contributed by atoms with Crippen molar-refractivity contribution in [3.8, 4) is 0 Å². The highest BCUT2D eigenvalue weighted by Gasteiger charge is 2.42. The standard InChI is InChI=1S/C20H30N2O2S/c1-14-7-10-21(11-8-14)20(23)19-6-5-17-18(24-19)9-12-22(17)13-16-4-3-15(2)25-16/h3-4,14,17-19H,5-13H2,1-2H3/t17-,18-,19-/m1/s1. The van der Waals surface area contributed by atoms with Crippen LogP contribution in [0.15, 0.2) is 12.1 Å². The van der Waals surface area contributed by atoms with Gasteiger partial charge in [-0.1, -0.05) is 6.92 Å². The molecule has 1 aromatic heterocycles. The van der Waals surface area contributed by atoms with Crippen LogP contribution in [0.4, 0.5) is 0 Å². The summed E-state index contributed by atoms with van der Waals surface area (Å²) in [6, 6.07) is 4.95. The van der Waals surface area contributed by atoms with E-state index in [1.807, 2.05) is 16.2 Å². The molecule has 25 heavy (non-hydrogen) atoms. The van der Waals surface area contributed by atoms with Crippen molar-refractivity contribution in [2.45, 2.75) is 70.7 Å². The van der Waals surface area contributed by atoms with Crippen LogP contribution < -0.4 is 0 Å². The van der Waals surface area contributed by atoms with Crippen LogP contribution >= 0.6 is 11.3 Å². The van der Waals surface area contributed by atoms with E-state index in [0.717, 1.165) is 64.2 Å². The average molecular weight is 363 g/mol. The van der Waals surface area contributed by atoms with Crippen LogP contribution in [0.1, 0.15) is 48.8 Å². The fraction of sp³-hybridized carbons (Fsp3) is 0.750. The van der Waals surface area contributed by atoms with Crippen molar-refractivity contribution in [1.29, 1.82) is 0 Å². The molecule has 0 bridgehead atoms. The molecule has 1 amide bonds. The lowest BCUT2D eigenvalue weighted by Gasteiger charge is -2.38. The molecule has 0 N–H and O–H groups in total. The van der Waals surface area contributed by atoms with Gasteiger partial charge in [-0.25, -0.2) is 0 Å². The fourth-order valence-electron chi connectivity index (χ4n) is 4.60. The van der Waals surface area contributed by atoms with Gasteiger partial charge in [0.15, 0.2) is 0 Å². The Morgan fingerprint density at radius 2 is 1.96 bits per heavy atom. The van der Waals surface area contributed by atoms with Gasteiger partial charge in [0.25, 0.3) is 5.91 Å². The second-order valence-corrected chi connectivity index (χ2v) is 9.46. The molecule has 3 saturated heterocycles. The second kappa shape index (κ2) is 7.37. The van der Waals surface area contributed by atoms with Gasteiger partial charge in [-0.15, -0.1) is 11.3 Å². The Balaban J connectivity index is 1.33. The van der Waals surface area contributed by atoms with E-state index in [-0.39, 0.29) is 18.1 Å². The van der Waals surface area contributed by atoms with Crippen molar-refractivity contribution in [1.82, 2.24) is 9.80 Å². The molecule has 3 atom stereocenters. The quantitative estimate of drug-likeness (QED) is 0.826. The molecule has 0 aliphatic carbocycles. The first-order valence-corrected chi connectivity index (χ1v) is 10.7. The average Bonchev–Trinajstić information content (AvgIpc) is 3.21. The zero-order chi connectivity index (χ0) is 17.4. The summed E-state index contributed by atoms with van der Waals surface area (Å²) in [6.07, 6.45) is 5.36. The lowest BCUT2D eigenvalue weighted by Crippen LogP contribution is -2.50. The third-order valence-corrected chi connectivity index (χ3v) is 7.17. The molecule has 5 heteroatoms. The number of hydrogen-bond donors (Lipinski definition) is 0. The predicted molar refractivity (Wildman–Crippen MR) is 101 cm³/mol. The molecule has 0 radical (unpaired) electrons. The lowest BCUT2D eigenvalue weighted by atomic mass is 9.96. The molecule has 4 nitrogen and oxygen atoms in total. The minimum Gasteiger partial charge on any atom is -0.363 e. The minimum absolute atomic E-state index is 0.196. The number of amides is 1. The summed E-state index contributed by atoms with van der Waals surface area (Å²) >= 11 is 1.90. The summed E-state index contributed by atoms with van der Waals surface area (Å²) < 4.78 is 6.30. The Morgan fingerprint density at radius 1 is 1.16 bits per heavy atom. The van der Waals surface area contributed by atoms with Crippen LogP contribution in [-0.4, -0.2) is 53.6 Å². The molecular weight excluding hydrogens is 332 g/mol. The molecule has 4 heterocycles. The van der Waals surface area contributed by atoms with Crippen molar-refractivity contribution in [3.05, 3.63) is 21.9 Å². The molecule has 138 valence electrons. The van der Waals surface area contributed by atoms with E-state index in [4.69, 9.17) is 4.74 Å². The van der Waals surface area contributed by atoms with E-state index < -0.39 is 0 Å². The largest absolute Gasteiger partial charge is 0.363 e. The first-order valence-electron chi connectivity index (χ1n) is 9.84. The number of likely N-dealkylation sites (tertiary alicyclic amines) is 2. The van der Waals surface area contributed by atoms with Gasteiger partial charge < -0.3 is 9.64 Å². The first kappa shape index (κ1) is 17.5. The number of piperidine rings is 1. The van der Waals surface area contributed by atoms with E-state index in [1.165, 1.54) is 9.75 Å². The third-order valence-electron chi connectivity index (χ3n) is 6.19. The number of ether oxygens (including phenoxy) is 1. The molecule has 0 saturated carbocycles. The number of rotatable bonds is 3. The Bertz CT molecular complexity index is 609. The van der Waals surface area contributed by atoms with E-state index in [2.05, 4.69) is 30.9 Å². The van der Waals surface area contributed by atoms with Crippen molar-refractivity contribution in [2.24, 2.45) is 5.92 Å². The molecule has 0 unspecified atom stereocenters. The Hall–Kier alpha value is -0.910. The monoisotopic (exact) mass is 362 g/mol. The Labute approximate surface area is 155 Å². The molecule has 3 fully saturated rings. The van der Waals surface area contributed by atoms with E-state index in [1.54, 1.807) is 0 Å². The highest BCUT2D eigenvalue weighted by Crippen LogP contribution is 2.34. The Kier molecular flexibility index (Phi) is 5.16. The van der Waals surface area contributed by atoms with Gasteiger partial charge in [0.2, 0.25) is 0 Å². The number of carbonyl (C=O) groups is 1. The maximum atomic E-state index is 12.8. The molecular formula is C20H30N2O2S. The number of thiophene rings is 1. The number of nitrogens with zero attached hydrogens (tertiary/aromatic N) is 2. The van der Waals surface area contributed by atoms with Crippen LogP contribution in [-0.2, 0) is 16.1 Å². The number of fused-ring (bicyclic) bond motifs is 1. The molecule has 3 aliphatic heterocycles. The van der Waals surface area contributed by atoms with Gasteiger partial charge in [-0.05, 0) is 57.1 Å². The molecule has 3 aliphatic rings. The van der Waals surface area contributed by atoms with Gasteiger partial charge in [0.1, 0.15) is 6.10 Å². The zero-order valence-electron chi connectivity index (χ0n) is 15.4. The van der Waals surface area contributed by atoms with Crippen molar-refractivity contribution < 1.29 is 9.53 Å². The first-order chi connectivity index (χ1) is 12.1. The van der Waals surface area contributed by atoms with Gasteiger partial charge in [-0.3, -0.25) is 9.69 Å². The van der Waals surface area contributed by atoms with Crippen LogP contribution in [0.2, 0.25) is 0 Å². The van der Waals surface area contributed by atoms with E-state index in [0.29, 0.717) is 6.04 Å². The summed E-state index contributed by atoms with van der Waals surface area (Å²) in [6.45, 7) is 8.41. The maximum absolute atomic E-state index is 12.8. The second-order valence-electron chi connectivity index (χ2n) is 8.09. The van der Waals surface area contributed by atoms with Crippen LogP contribution in [0, 0.1) is 12.8 Å². The number of carbonyl (C=O) groups excluding carboxylic acids is 1. The fourth-order valence-corrected chi connectivity index (χ4v) is 5.51. The topological polar surface area (TPSA) is 32.8 Å². The minimum atomic E-state index is -0.196. The molecule has 0 aromatic carbocycles. The zero-order valence-corrected chi connectivity index (χ0v) is 16.3. The summed E-state index contributed by atoms with van der Waals surface area (Å²) in [5.74, 6) is 1.00. The van der Waals surface area contributed by atoms with Crippen molar-refractivity contribution in [2.75, 3.05) is 19.6 Å². The van der Waals surface area contributed by atoms with Gasteiger partial charge in [-0.2, -0.15) is 0 Å². The van der Waals surface area contributed by atoms with Gasteiger partial charge in [0, 0.05) is 42.0 Å². The van der Waals surface area contributed by atoms with Crippen LogP contribution in [0.3, 0.4) is 0 Å². The summed E-state index contributed by atoms with van der Waals surface area (Å²) in [5.41, 5.74) is 0. The summed E-state index contributed by atoms with van der Waals surface area (Å²) in [7, 11) is 0. The van der Waals surface area contributed by atoms with Crippen molar-refractivity contribution in [3.63, 3.8) is 0 Å². The van der Waals surface area contributed by atoms with Crippen LogP contribution in [0.5, 0.6) is 0 Å². The summed E-state index contributed by atoms with van der Waals surface area (Å²) in [4.78, 5) is 20.3. The van der Waals surface area contributed by atoms with Gasteiger partial charge in [0.05, 0.1) is 6.10 Å². The normalized spacial score (nSPS) is 31.3. The maximum Gasteiger partial charge on any atom is 0.251 e. The van der Waals surface area contributed by atoms with Crippen LogP contribution in [0.25, 0.3) is 0 Å². The highest BCUT2D eigenvalue weighted by molar-refractivity contribution is 7.11. The molecule has 4 rings (SSSR count). The summed E-state index contributed by atoms with van der Waals surface area (Å²) in [5, 5.41) is 0. The lowest BCUT2D eigenvalue weighted by molar-refractivity contribution is -0.155.